The van der Waals surface area contributed by atoms with Crippen LogP contribution in [0.15, 0.2) is 0 Å². The number of rotatable bonds is 1. The van der Waals surface area contributed by atoms with E-state index in [2.05, 4.69) is 22.9 Å². The number of hydrogen-bond acceptors (Lipinski definition) is 3. The lowest BCUT2D eigenvalue weighted by molar-refractivity contribution is -0.143. The average Bonchev–Trinajstić information content (AvgIpc) is 2.82. The SMILES string of the molecule is C[C@]12CC[C@H]3[C@@H](CC[C@@]4(Br)C[C@@H](O)CC[C@]34CO)[C@@H]1CC[C@@H]2O. The fourth-order valence-corrected chi connectivity index (χ4v) is 8.50. The van der Waals surface area contributed by atoms with Crippen LogP contribution in [-0.4, -0.2) is 38.5 Å². The Morgan fingerprint density at radius 1 is 0.957 bits per heavy atom. The number of aliphatic hydroxyl groups is 3. The molecule has 0 spiro atoms. The molecule has 4 aliphatic rings. The molecule has 3 nitrogen and oxygen atoms in total. The van der Waals surface area contributed by atoms with E-state index in [1.807, 2.05) is 0 Å². The first kappa shape index (κ1) is 16.8. The Balaban J connectivity index is 1.70. The van der Waals surface area contributed by atoms with Gasteiger partial charge in [-0.1, -0.05) is 22.9 Å². The lowest BCUT2D eigenvalue weighted by Gasteiger charge is -2.64. The maximum absolute atomic E-state index is 10.5. The molecule has 132 valence electrons. The van der Waals surface area contributed by atoms with E-state index >= 15 is 0 Å². The smallest absolute Gasteiger partial charge is 0.0596 e. The quantitative estimate of drug-likeness (QED) is 0.606. The molecule has 4 rings (SSSR count). The molecule has 3 N–H and O–H groups in total. The van der Waals surface area contributed by atoms with Crippen LogP contribution in [0, 0.1) is 28.6 Å². The highest BCUT2D eigenvalue weighted by Gasteiger charge is 2.65. The van der Waals surface area contributed by atoms with E-state index in [0.29, 0.717) is 17.8 Å². The Labute approximate surface area is 148 Å². The van der Waals surface area contributed by atoms with E-state index in [4.69, 9.17) is 0 Å². The summed E-state index contributed by atoms with van der Waals surface area (Å²) in [5.41, 5.74) is 0.0162. The molecule has 4 fully saturated rings. The second-order valence-electron chi connectivity index (χ2n) is 9.23. The molecule has 0 amide bonds. The fraction of sp³-hybridized carbons (Fsp3) is 1.00. The minimum absolute atomic E-state index is 0.0793. The van der Waals surface area contributed by atoms with Gasteiger partial charge in [-0.3, -0.25) is 0 Å². The van der Waals surface area contributed by atoms with Gasteiger partial charge in [0, 0.05) is 9.74 Å². The molecular formula is C19H31BrO3. The molecule has 0 aromatic rings. The highest BCUT2D eigenvalue weighted by Crippen LogP contribution is 2.69. The summed E-state index contributed by atoms with van der Waals surface area (Å²) < 4.78 is -0.0987. The first-order valence-corrected chi connectivity index (χ1v) is 10.3. The minimum atomic E-state index is -0.229. The first-order chi connectivity index (χ1) is 10.9. The van der Waals surface area contributed by atoms with Crippen molar-refractivity contribution in [1.29, 1.82) is 0 Å². The summed E-state index contributed by atoms with van der Waals surface area (Å²) in [5, 5.41) is 31.2. The number of aliphatic hydroxyl groups excluding tert-OH is 3. The van der Waals surface area contributed by atoms with Gasteiger partial charge in [0.25, 0.3) is 0 Å². The van der Waals surface area contributed by atoms with Crippen LogP contribution in [0.4, 0.5) is 0 Å². The van der Waals surface area contributed by atoms with E-state index in [-0.39, 0.29) is 34.0 Å². The van der Waals surface area contributed by atoms with E-state index in [0.717, 1.165) is 51.4 Å². The topological polar surface area (TPSA) is 60.7 Å². The molecule has 0 aromatic heterocycles. The van der Waals surface area contributed by atoms with E-state index < -0.39 is 0 Å². The third-order valence-electron chi connectivity index (χ3n) is 8.63. The Morgan fingerprint density at radius 3 is 2.48 bits per heavy atom. The van der Waals surface area contributed by atoms with Crippen molar-refractivity contribution in [3.8, 4) is 0 Å². The lowest BCUT2D eigenvalue weighted by Crippen LogP contribution is -2.63. The van der Waals surface area contributed by atoms with Crippen LogP contribution in [0.2, 0.25) is 0 Å². The number of halogens is 1. The maximum Gasteiger partial charge on any atom is 0.0596 e. The molecule has 0 bridgehead atoms. The van der Waals surface area contributed by atoms with Crippen molar-refractivity contribution in [2.24, 2.45) is 28.6 Å². The van der Waals surface area contributed by atoms with Gasteiger partial charge >= 0.3 is 0 Å². The van der Waals surface area contributed by atoms with E-state index in [9.17, 15) is 15.3 Å². The molecule has 0 radical (unpaired) electrons. The molecule has 0 aromatic carbocycles. The van der Waals surface area contributed by atoms with Crippen molar-refractivity contribution in [3.05, 3.63) is 0 Å². The molecule has 0 unspecified atom stereocenters. The third-order valence-corrected chi connectivity index (χ3v) is 10.1. The highest BCUT2D eigenvalue weighted by atomic mass is 79.9. The molecule has 0 heterocycles. The molecule has 0 saturated heterocycles. The van der Waals surface area contributed by atoms with Crippen molar-refractivity contribution < 1.29 is 15.3 Å². The third kappa shape index (κ3) is 2.10. The Kier molecular flexibility index (Phi) is 3.97. The number of hydrogen-bond donors (Lipinski definition) is 3. The fourth-order valence-electron chi connectivity index (χ4n) is 7.28. The van der Waals surface area contributed by atoms with Gasteiger partial charge in [-0.15, -0.1) is 0 Å². The van der Waals surface area contributed by atoms with Crippen LogP contribution in [0.25, 0.3) is 0 Å². The van der Waals surface area contributed by atoms with Crippen molar-refractivity contribution in [1.82, 2.24) is 0 Å². The summed E-state index contributed by atoms with van der Waals surface area (Å²) in [6, 6.07) is 0. The molecule has 4 saturated carbocycles. The van der Waals surface area contributed by atoms with Crippen LogP contribution in [0.3, 0.4) is 0 Å². The monoisotopic (exact) mass is 386 g/mol. The van der Waals surface area contributed by atoms with Crippen molar-refractivity contribution in [2.45, 2.75) is 81.2 Å². The van der Waals surface area contributed by atoms with E-state index in [1.54, 1.807) is 0 Å². The van der Waals surface area contributed by atoms with Crippen LogP contribution >= 0.6 is 15.9 Å². The summed E-state index contributed by atoms with van der Waals surface area (Å²) >= 11 is 4.02. The van der Waals surface area contributed by atoms with Crippen LogP contribution in [-0.2, 0) is 0 Å². The Hall–Kier alpha value is 0.360. The van der Waals surface area contributed by atoms with Gasteiger partial charge in [-0.05, 0) is 81.0 Å². The molecular weight excluding hydrogens is 356 g/mol. The predicted molar refractivity (Wildman–Crippen MR) is 93.3 cm³/mol. The lowest BCUT2D eigenvalue weighted by atomic mass is 9.44. The van der Waals surface area contributed by atoms with Crippen LogP contribution in [0.1, 0.15) is 64.7 Å². The summed E-state index contributed by atoms with van der Waals surface area (Å²) in [4.78, 5) is 0. The molecule has 4 heteroatoms. The van der Waals surface area contributed by atoms with Gasteiger partial charge in [0.15, 0.2) is 0 Å². The molecule has 8 atom stereocenters. The second-order valence-corrected chi connectivity index (χ2v) is 10.7. The van der Waals surface area contributed by atoms with Gasteiger partial charge in [-0.25, -0.2) is 0 Å². The zero-order valence-corrected chi connectivity index (χ0v) is 15.8. The highest BCUT2D eigenvalue weighted by molar-refractivity contribution is 9.10. The van der Waals surface area contributed by atoms with Gasteiger partial charge in [0.05, 0.1) is 18.8 Å². The zero-order valence-electron chi connectivity index (χ0n) is 14.2. The summed E-state index contributed by atoms with van der Waals surface area (Å²) in [5.74, 6) is 1.79. The normalized spacial score (nSPS) is 59.1. The van der Waals surface area contributed by atoms with Crippen molar-refractivity contribution >= 4 is 15.9 Å². The van der Waals surface area contributed by atoms with Crippen molar-refractivity contribution in [2.75, 3.05) is 6.61 Å². The van der Waals surface area contributed by atoms with Gasteiger partial charge in [0.1, 0.15) is 0 Å². The number of alkyl halides is 1. The summed E-state index contributed by atoms with van der Waals surface area (Å²) in [7, 11) is 0. The van der Waals surface area contributed by atoms with E-state index in [1.165, 1.54) is 6.42 Å². The maximum atomic E-state index is 10.5. The largest absolute Gasteiger partial charge is 0.396 e. The van der Waals surface area contributed by atoms with Gasteiger partial charge < -0.3 is 15.3 Å². The number of fused-ring (bicyclic) bond motifs is 5. The first-order valence-electron chi connectivity index (χ1n) is 9.52. The predicted octanol–water partition coefficient (Wildman–Crippen LogP) is 3.24. The molecule has 0 aliphatic heterocycles. The van der Waals surface area contributed by atoms with Gasteiger partial charge in [-0.2, -0.15) is 0 Å². The summed E-state index contributed by atoms with van der Waals surface area (Å²) in [6.07, 6.45) is 8.71. The van der Waals surface area contributed by atoms with Crippen LogP contribution in [0.5, 0.6) is 0 Å². The minimum Gasteiger partial charge on any atom is -0.396 e. The standard InChI is InChI=1S/C19H31BrO3/c1-17-7-6-15-13(14(17)2-3-16(17)23)5-9-19(20)10-12(22)4-8-18(15,19)11-21/h12-16,21-23H,2-11H2,1H3/t12-,13-,14-,15-,16-,17-,18-,19+/m0/s1. The Morgan fingerprint density at radius 2 is 1.74 bits per heavy atom. The van der Waals surface area contributed by atoms with Gasteiger partial charge in [0.2, 0.25) is 0 Å². The molecule has 23 heavy (non-hydrogen) atoms. The second kappa shape index (κ2) is 5.43. The zero-order chi connectivity index (χ0) is 16.5. The Bertz CT molecular complexity index is 485. The molecule has 4 aliphatic carbocycles. The average molecular weight is 387 g/mol. The van der Waals surface area contributed by atoms with Crippen molar-refractivity contribution in [3.63, 3.8) is 0 Å². The summed E-state index contributed by atoms with van der Waals surface area (Å²) in [6.45, 7) is 2.54. The van der Waals surface area contributed by atoms with Crippen LogP contribution < -0.4 is 0 Å².